The van der Waals surface area contributed by atoms with Gasteiger partial charge in [-0.1, -0.05) is 51.1 Å². The van der Waals surface area contributed by atoms with E-state index in [1.54, 1.807) is 26.8 Å². The minimum Gasteiger partial charge on any atom is -0.538 e. The van der Waals surface area contributed by atoms with E-state index in [2.05, 4.69) is 38.7 Å². The molecule has 0 bridgehead atoms. The van der Waals surface area contributed by atoms with Crippen molar-refractivity contribution in [2.75, 3.05) is 0 Å². The second-order valence-electron chi connectivity index (χ2n) is 8.73. The standard InChI is InChI=1S/C20H30N2O3Si/c1-19(2,3)24-18(23)17(22-21)16(14-15-12-10-9-11-13-15)25-26(7,8)20(4,5)6/h9-14H,1-8H3/b16-14-. The number of benzene rings is 1. The van der Waals surface area contributed by atoms with Crippen LogP contribution in [0.1, 0.15) is 47.1 Å². The average Bonchev–Trinajstić information content (AvgIpc) is 2.45. The molecule has 0 unspecified atom stereocenters. The molecule has 0 fully saturated rings. The van der Waals surface area contributed by atoms with Gasteiger partial charge in [-0.15, -0.1) is 0 Å². The fourth-order valence-corrected chi connectivity index (χ4v) is 2.80. The van der Waals surface area contributed by atoms with Crippen LogP contribution in [0.5, 0.6) is 0 Å². The summed E-state index contributed by atoms with van der Waals surface area (Å²) in [6, 6.07) is 9.46. The van der Waals surface area contributed by atoms with Crippen LogP contribution in [-0.2, 0) is 14.0 Å². The summed E-state index contributed by atoms with van der Waals surface area (Å²) in [4.78, 5) is 15.7. The molecule has 0 saturated carbocycles. The monoisotopic (exact) mass is 374 g/mol. The van der Waals surface area contributed by atoms with E-state index >= 15 is 0 Å². The Balaban J connectivity index is 3.38. The molecule has 0 radical (unpaired) electrons. The number of nitrogens with zero attached hydrogens (tertiary/aromatic N) is 2. The van der Waals surface area contributed by atoms with Gasteiger partial charge in [0, 0.05) is 0 Å². The average molecular weight is 375 g/mol. The van der Waals surface area contributed by atoms with Gasteiger partial charge < -0.3 is 14.7 Å². The molecule has 0 saturated heterocycles. The third-order valence-electron chi connectivity index (χ3n) is 4.19. The summed E-state index contributed by atoms with van der Waals surface area (Å²) in [6.07, 6.45) is 1.71. The molecule has 26 heavy (non-hydrogen) atoms. The minimum atomic E-state index is -2.27. The molecular formula is C20H30N2O3Si. The minimum absolute atomic E-state index is 0.0860. The third-order valence-corrected chi connectivity index (χ3v) is 8.54. The molecule has 5 nitrogen and oxygen atoms in total. The van der Waals surface area contributed by atoms with E-state index in [0.717, 1.165) is 5.56 Å². The molecular weight excluding hydrogens is 344 g/mol. The van der Waals surface area contributed by atoms with Crippen molar-refractivity contribution in [3.05, 3.63) is 47.2 Å². The number of rotatable bonds is 5. The molecule has 0 aliphatic carbocycles. The molecule has 0 amide bonds. The van der Waals surface area contributed by atoms with E-state index in [-0.39, 0.29) is 16.5 Å². The van der Waals surface area contributed by atoms with E-state index in [1.165, 1.54) is 0 Å². The number of hydrogen-bond acceptors (Lipinski definition) is 3. The van der Waals surface area contributed by atoms with Gasteiger partial charge >= 0.3 is 11.7 Å². The highest BCUT2D eigenvalue weighted by atomic mass is 28.4. The quantitative estimate of drug-likeness (QED) is 0.180. The summed E-state index contributed by atoms with van der Waals surface area (Å²) in [7, 11) is -2.27. The first-order chi connectivity index (χ1) is 11.8. The van der Waals surface area contributed by atoms with Crippen LogP contribution < -0.4 is 0 Å². The van der Waals surface area contributed by atoms with E-state index < -0.39 is 19.9 Å². The lowest BCUT2D eigenvalue weighted by Crippen LogP contribution is -2.42. The Labute approximate surface area is 157 Å². The summed E-state index contributed by atoms with van der Waals surface area (Å²) >= 11 is 0. The van der Waals surface area contributed by atoms with Gasteiger partial charge in [0.15, 0.2) is 0 Å². The molecule has 142 valence electrons. The molecule has 0 atom stereocenters. The van der Waals surface area contributed by atoms with Crippen LogP contribution in [0.2, 0.25) is 18.1 Å². The number of esters is 1. The molecule has 1 rings (SSSR count). The van der Waals surface area contributed by atoms with Gasteiger partial charge in [0.2, 0.25) is 5.76 Å². The summed E-state index contributed by atoms with van der Waals surface area (Å²) < 4.78 is 11.7. The van der Waals surface area contributed by atoms with Crippen molar-refractivity contribution in [3.8, 4) is 0 Å². The largest absolute Gasteiger partial charge is 0.538 e. The van der Waals surface area contributed by atoms with Gasteiger partial charge in [-0.2, -0.15) is 4.79 Å². The molecule has 0 aromatic heterocycles. The molecule has 0 N–H and O–H groups in total. The fourth-order valence-electron chi connectivity index (χ4n) is 1.79. The smallest absolute Gasteiger partial charge is 0.439 e. The molecule has 1 aromatic carbocycles. The Hall–Kier alpha value is -2.17. The second-order valence-corrected chi connectivity index (χ2v) is 13.5. The van der Waals surface area contributed by atoms with Crippen molar-refractivity contribution in [1.29, 1.82) is 0 Å². The molecule has 1 aromatic rings. The maximum Gasteiger partial charge on any atom is 0.439 e. The maximum absolute atomic E-state index is 12.5. The Bertz CT molecular complexity index is 720. The summed E-state index contributed by atoms with van der Waals surface area (Å²) in [6.45, 7) is 15.7. The molecule has 0 aliphatic rings. The normalized spacial score (nSPS) is 13.0. The van der Waals surface area contributed by atoms with Crippen LogP contribution in [0.25, 0.3) is 11.6 Å². The zero-order chi connectivity index (χ0) is 20.2. The highest BCUT2D eigenvalue weighted by Crippen LogP contribution is 2.38. The van der Waals surface area contributed by atoms with Gasteiger partial charge in [-0.3, -0.25) is 0 Å². The van der Waals surface area contributed by atoms with Crippen LogP contribution in [0.4, 0.5) is 0 Å². The topological polar surface area (TPSA) is 71.9 Å². The number of ether oxygens (including phenoxy) is 1. The third kappa shape index (κ3) is 6.28. The van der Waals surface area contributed by atoms with Crippen molar-refractivity contribution in [1.82, 2.24) is 0 Å². The summed E-state index contributed by atoms with van der Waals surface area (Å²) in [5.41, 5.74) is 9.43. The van der Waals surface area contributed by atoms with E-state index in [4.69, 9.17) is 9.16 Å². The van der Waals surface area contributed by atoms with Crippen LogP contribution in [0.15, 0.2) is 36.1 Å². The Kier molecular flexibility index (Phi) is 6.74. The highest BCUT2D eigenvalue weighted by molar-refractivity contribution is 6.74. The molecule has 6 heteroatoms. The van der Waals surface area contributed by atoms with Gasteiger partial charge in [-0.05, 0) is 50.5 Å². The zero-order valence-corrected chi connectivity index (χ0v) is 18.1. The lowest BCUT2D eigenvalue weighted by Gasteiger charge is -2.36. The number of hydrogen-bond donors (Lipinski definition) is 0. The van der Waals surface area contributed by atoms with E-state index in [1.807, 2.05) is 30.3 Å². The van der Waals surface area contributed by atoms with Crippen LogP contribution >= 0.6 is 0 Å². The predicted octanol–water partition coefficient (Wildman–Crippen LogP) is 5.06. The predicted molar refractivity (Wildman–Crippen MR) is 107 cm³/mol. The van der Waals surface area contributed by atoms with Crippen molar-refractivity contribution < 1.29 is 18.7 Å². The molecule has 0 heterocycles. The van der Waals surface area contributed by atoms with Crippen molar-refractivity contribution >= 4 is 26.1 Å². The lowest BCUT2D eigenvalue weighted by atomic mass is 10.1. The Morgan fingerprint density at radius 1 is 1.08 bits per heavy atom. The second kappa shape index (κ2) is 8.02. The first kappa shape index (κ1) is 21.9. The van der Waals surface area contributed by atoms with Gasteiger partial charge in [0.05, 0.1) is 0 Å². The number of carbonyl (C=O) groups is 1. The van der Waals surface area contributed by atoms with Crippen molar-refractivity contribution in [3.63, 3.8) is 0 Å². The van der Waals surface area contributed by atoms with Crippen molar-refractivity contribution in [2.24, 2.45) is 0 Å². The summed E-state index contributed by atoms with van der Waals surface area (Å²) in [5.74, 6) is -0.500. The van der Waals surface area contributed by atoms with Gasteiger partial charge in [0.25, 0.3) is 8.32 Å². The highest BCUT2D eigenvalue weighted by Gasteiger charge is 2.43. The van der Waals surface area contributed by atoms with Crippen LogP contribution in [0, 0.1) is 0 Å². The van der Waals surface area contributed by atoms with Crippen LogP contribution in [-0.4, -0.2) is 30.4 Å². The fraction of sp³-hybridized carbons (Fsp3) is 0.500. The number of carbonyl (C=O) groups excluding carboxylic acids is 1. The zero-order valence-electron chi connectivity index (χ0n) is 17.1. The molecule has 0 spiro atoms. The summed E-state index contributed by atoms with van der Waals surface area (Å²) in [5, 5.41) is -0.0860. The Morgan fingerprint density at radius 3 is 2.04 bits per heavy atom. The Morgan fingerprint density at radius 2 is 1.62 bits per heavy atom. The van der Waals surface area contributed by atoms with Gasteiger partial charge in [-0.25, -0.2) is 4.79 Å². The van der Waals surface area contributed by atoms with E-state index in [9.17, 15) is 10.3 Å². The maximum atomic E-state index is 12.5. The molecule has 0 aliphatic heterocycles. The van der Waals surface area contributed by atoms with E-state index in [0.29, 0.717) is 0 Å². The lowest BCUT2D eigenvalue weighted by molar-refractivity contribution is -0.150. The van der Waals surface area contributed by atoms with Crippen molar-refractivity contribution in [2.45, 2.75) is 65.3 Å². The van der Waals surface area contributed by atoms with Gasteiger partial charge in [0.1, 0.15) is 5.60 Å². The first-order valence-electron chi connectivity index (χ1n) is 8.68. The van der Waals surface area contributed by atoms with Crippen LogP contribution in [0.3, 0.4) is 0 Å². The SMILES string of the molecule is CC(C)(C)OC(=O)C(=[N+]=[N-])/C(=C/c1ccccc1)O[Si](C)(C)C(C)(C)C. The first-order valence-corrected chi connectivity index (χ1v) is 11.6.